The minimum Gasteiger partial charge on any atom is -0.497 e. The van der Waals surface area contributed by atoms with Crippen LogP contribution in [0.25, 0.3) is 0 Å². The first-order valence-corrected chi connectivity index (χ1v) is 9.50. The van der Waals surface area contributed by atoms with Gasteiger partial charge in [-0.05, 0) is 17.7 Å². The molecule has 2 amide bonds. The van der Waals surface area contributed by atoms with E-state index >= 15 is 0 Å². The van der Waals surface area contributed by atoms with Crippen LogP contribution in [0.5, 0.6) is 11.5 Å². The Hall–Kier alpha value is -3.55. The first kappa shape index (κ1) is 21.2. The van der Waals surface area contributed by atoms with E-state index in [1.165, 1.54) is 14.2 Å². The topological polar surface area (TPSA) is 94.2 Å². The Morgan fingerprint density at radius 2 is 1.87 bits per heavy atom. The molecule has 2 aromatic carbocycles. The average Bonchev–Trinajstić information content (AvgIpc) is 3.13. The zero-order valence-electron chi connectivity index (χ0n) is 16.9. The maximum absolute atomic E-state index is 12.3. The number of methoxy groups -OCH3 is 2. The van der Waals surface area contributed by atoms with Crippen LogP contribution in [0, 0.1) is 5.92 Å². The number of carbonyl (C=O) groups excluding carboxylic acids is 3. The number of nitrogens with one attached hydrogen (secondary N) is 1. The van der Waals surface area contributed by atoms with Crippen LogP contribution in [-0.2, 0) is 25.7 Å². The highest BCUT2D eigenvalue weighted by molar-refractivity contribution is 5.95. The Labute approximate surface area is 174 Å². The fraction of sp³-hybridized carbons (Fsp3) is 0.318. The lowest BCUT2D eigenvalue weighted by Gasteiger charge is -2.16. The third kappa shape index (κ3) is 5.28. The minimum absolute atomic E-state index is 0.0804. The van der Waals surface area contributed by atoms with E-state index in [2.05, 4.69) is 5.32 Å². The molecule has 1 aliphatic rings. The second kappa shape index (κ2) is 9.78. The van der Waals surface area contributed by atoms with Gasteiger partial charge in [0.1, 0.15) is 11.5 Å². The summed E-state index contributed by atoms with van der Waals surface area (Å²) in [5, 5.41) is 2.63. The number of hydrogen-bond donors (Lipinski definition) is 1. The maximum atomic E-state index is 12.3. The van der Waals surface area contributed by atoms with Crippen molar-refractivity contribution in [1.82, 2.24) is 4.90 Å². The summed E-state index contributed by atoms with van der Waals surface area (Å²) < 4.78 is 15.5. The van der Waals surface area contributed by atoms with E-state index in [0.717, 1.165) is 5.56 Å². The SMILES string of the molecule is COc1ccc(OC)c(NC(=O)COC(=O)[C@@H]2CC(=O)N(Cc3ccccc3)C2)c1. The van der Waals surface area contributed by atoms with Gasteiger partial charge in [0.15, 0.2) is 6.61 Å². The van der Waals surface area contributed by atoms with Crippen molar-refractivity contribution < 1.29 is 28.6 Å². The van der Waals surface area contributed by atoms with Crippen molar-refractivity contribution in [3.05, 3.63) is 54.1 Å². The summed E-state index contributed by atoms with van der Waals surface area (Å²) in [5.41, 5.74) is 1.40. The summed E-state index contributed by atoms with van der Waals surface area (Å²) in [6, 6.07) is 14.5. The van der Waals surface area contributed by atoms with E-state index in [1.807, 2.05) is 30.3 Å². The summed E-state index contributed by atoms with van der Waals surface area (Å²) in [6.07, 6.45) is 0.0804. The van der Waals surface area contributed by atoms with Crippen molar-refractivity contribution in [2.75, 3.05) is 32.7 Å². The molecular formula is C22H24N2O6. The smallest absolute Gasteiger partial charge is 0.311 e. The maximum Gasteiger partial charge on any atom is 0.311 e. The van der Waals surface area contributed by atoms with E-state index in [4.69, 9.17) is 14.2 Å². The molecule has 1 saturated heterocycles. The molecule has 158 valence electrons. The Bertz CT molecular complexity index is 915. The molecule has 0 aromatic heterocycles. The molecule has 1 N–H and O–H groups in total. The third-order valence-corrected chi connectivity index (χ3v) is 4.79. The Morgan fingerprint density at radius 3 is 2.57 bits per heavy atom. The monoisotopic (exact) mass is 412 g/mol. The molecule has 2 aromatic rings. The molecule has 8 heteroatoms. The predicted octanol–water partition coefficient (Wildman–Crippen LogP) is 2.23. The number of carbonyl (C=O) groups is 3. The van der Waals surface area contributed by atoms with E-state index in [9.17, 15) is 14.4 Å². The van der Waals surface area contributed by atoms with Gasteiger partial charge in [0.25, 0.3) is 5.91 Å². The fourth-order valence-corrected chi connectivity index (χ4v) is 3.24. The first-order valence-electron chi connectivity index (χ1n) is 9.50. The Balaban J connectivity index is 1.51. The third-order valence-electron chi connectivity index (χ3n) is 4.79. The minimum atomic E-state index is -0.583. The van der Waals surface area contributed by atoms with Gasteiger partial charge >= 0.3 is 5.97 Å². The molecule has 8 nitrogen and oxygen atoms in total. The number of benzene rings is 2. The Kier molecular flexibility index (Phi) is 6.90. The lowest BCUT2D eigenvalue weighted by Crippen LogP contribution is -2.28. The van der Waals surface area contributed by atoms with Crippen LogP contribution in [0.15, 0.2) is 48.5 Å². The molecule has 0 bridgehead atoms. The fourth-order valence-electron chi connectivity index (χ4n) is 3.24. The van der Waals surface area contributed by atoms with E-state index in [1.54, 1.807) is 23.1 Å². The van der Waals surface area contributed by atoms with Gasteiger partial charge in [-0.1, -0.05) is 30.3 Å². The number of nitrogens with zero attached hydrogens (tertiary/aromatic N) is 1. The number of anilines is 1. The molecule has 0 aliphatic carbocycles. The molecule has 1 atom stereocenters. The quantitative estimate of drug-likeness (QED) is 0.669. The van der Waals surface area contributed by atoms with Crippen molar-refractivity contribution in [2.24, 2.45) is 5.92 Å². The van der Waals surface area contributed by atoms with E-state index in [-0.39, 0.29) is 18.9 Å². The van der Waals surface area contributed by atoms with Gasteiger partial charge in [0, 0.05) is 25.6 Å². The molecule has 0 saturated carbocycles. The van der Waals surface area contributed by atoms with Crippen LogP contribution in [0.2, 0.25) is 0 Å². The lowest BCUT2D eigenvalue weighted by atomic mass is 10.1. The van der Waals surface area contributed by atoms with Crippen LogP contribution in [0.4, 0.5) is 5.69 Å². The predicted molar refractivity (Wildman–Crippen MR) is 109 cm³/mol. The average molecular weight is 412 g/mol. The molecule has 0 radical (unpaired) electrons. The largest absolute Gasteiger partial charge is 0.497 e. The first-order chi connectivity index (χ1) is 14.5. The van der Waals surface area contributed by atoms with Crippen molar-refractivity contribution in [2.45, 2.75) is 13.0 Å². The molecule has 1 fully saturated rings. The van der Waals surface area contributed by atoms with Crippen molar-refractivity contribution >= 4 is 23.5 Å². The lowest BCUT2D eigenvalue weighted by molar-refractivity contribution is -0.151. The van der Waals surface area contributed by atoms with Crippen molar-refractivity contribution in [3.8, 4) is 11.5 Å². The second-order valence-corrected chi connectivity index (χ2v) is 6.88. The molecule has 0 unspecified atom stereocenters. The number of hydrogen-bond acceptors (Lipinski definition) is 6. The molecular weight excluding hydrogens is 388 g/mol. The van der Waals surface area contributed by atoms with Gasteiger partial charge in [-0.2, -0.15) is 0 Å². The Morgan fingerprint density at radius 1 is 1.10 bits per heavy atom. The highest BCUT2D eigenvalue weighted by Gasteiger charge is 2.35. The number of esters is 1. The summed E-state index contributed by atoms with van der Waals surface area (Å²) in [6.45, 7) is 0.264. The van der Waals surface area contributed by atoms with Gasteiger partial charge < -0.3 is 24.4 Å². The zero-order chi connectivity index (χ0) is 21.5. The molecule has 1 heterocycles. The summed E-state index contributed by atoms with van der Waals surface area (Å²) in [7, 11) is 2.99. The van der Waals surface area contributed by atoms with Gasteiger partial charge in [-0.3, -0.25) is 14.4 Å². The summed E-state index contributed by atoms with van der Waals surface area (Å²) in [5.74, 6) is -0.765. The normalized spacial score (nSPS) is 15.6. The zero-order valence-corrected chi connectivity index (χ0v) is 16.9. The number of rotatable bonds is 8. The van der Waals surface area contributed by atoms with E-state index in [0.29, 0.717) is 23.7 Å². The van der Waals surface area contributed by atoms with Crippen molar-refractivity contribution in [1.29, 1.82) is 0 Å². The van der Waals surface area contributed by atoms with Crippen molar-refractivity contribution in [3.63, 3.8) is 0 Å². The van der Waals surface area contributed by atoms with E-state index < -0.39 is 24.4 Å². The van der Waals surface area contributed by atoms with Gasteiger partial charge in [0.05, 0.1) is 25.8 Å². The van der Waals surface area contributed by atoms with Gasteiger partial charge in [-0.15, -0.1) is 0 Å². The van der Waals surface area contributed by atoms with Crippen LogP contribution < -0.4 is 14.8 Å². The molecule has 30 heavy (non-hydrogen) atoms. The standard InChI is InChI=1S/C22H24N2O6/c1-28-17-8-9-19(29-2)18(11-17)23-20(25)14-30-22(27)16-10-21(26)24(13-16)12-15-6-4-3-5-7-15/h3-9,11,16H,10,12-14H2,1-2H3,(H,23,25)/t16-/m1/s1. The molecule has 3 rings (SSSR count). The molecule has 0 spiro atoms. The number of amides is 2. The van der Waals surface area contributed by atoms with Gasteiger partial charge in [-0.25, -0.2) is 0 Å². The molecule has 1 aliphatic heterocycles. The summed E-state index contributed by atoms with van der Waals surface area (Å²) >= 11 is 0. The van der Waals surface area contributed by atoms with Crippen LogP contribution in [0.1, 0.15) is 12.0 Å². The number of ether oxygens (including phenoxy) is 3. The van der Waals surface area contributed by atoms with Crippen LogP contribution >= 0.6 is 0 Å². The van der Waals surface area contributed by atoms with Gasteiger partial charge in [0.2, 0.25) is 5.91 Å². The number of likely N-dealkylation sites (tertiary alicyclic amines) is 1. The van der Waals surface area contributed by atoms with Crippen LogP contribution in [-0.4, -0.2) is 50.1 Å². The highest BCUT2D eigenvalue weighted by Crippen LogP contribution is 2.29. The second-order valence-electron chi connectivity index (χ2n) is 6.88. The van der Waals surface area contributed by atoms with Crippen LogP contribution in [0.3, 0.4) is 0 Å². The summed E-state index contributed by atoms with van der Waals surface area (Å²) in [4.78, 5) is 38.4. The highest BCUT2D eigenvalue weighted by atomic mass is 16.5.